The van der Waals surface area contributed by atoms with Crippen LogP contribution in [0.3, 0.4) is 0 Å². The van der Waals surface area contributed by atoms with E-state index < -0.39 is 0 Å². The Hall–Kier alpha value is -1.12. The van der Waals surface area contributed by atoms with Crippen LogP contribution in [-0.2, 0) is 0 Å². The minimum Gasteiger partial charge on any atom is -0.356 e. The third-order valence-electron chi connectivity index (χ3n) is 4.80. The van der Waals surface area contributed by atoms with Crippen LogP contribution < -0.4 is 4.90 Å². The number of piperidine rings is 1. The Labute approximate surface area is 122 Å². The van der Waals surface area contributed by atoms with Gasteiger partial charge in [0.1, 0.15) is 11.6 Å². The van der Waals surface area contributed by atoms with Gasteiger partial charge in [-0.25, -0.2) is 9.97 Å². The Morgan fingerprint density at radius 1 is 1.05 bits per heavy atom. The Morgan fingerprint density at radius 3 is 2.40 bits per heavy atom. The third-order valence-corrected chi connectivity index (χ3v) is 4.80. The van der Waals surface area contributed by atoms with Gasteiger partial charge in [-0.3, -0.25) is 0 Å². The fourth-order valence-electron chi connectivity index (χ4n) is 3.18. The minimum absolute atomic E-state index is 0.395. The fourth-order valence-corrected chi connectivity index (χ4v) is 3.18. The Kier molecular flexibility index (Phi) is 3.47. The highest BCUT2D eigenvalue weighted by Crippen LogP contribution is 2.52. The van der Waals surface area contributed by atoms with Crippen molar-refractivity contribution in [1.82, 2.24) is 9.97 Å². The van der Waals surface area contributed by atoms with Crippen molar-refractivity contribution in [3.63, 3.8) is 0 Å². The summed E-state index contributed by atoms with van der Waals surface area (Å²) < 4.78 is 0. The number of aromatic nitrogens is 2. The summed E-state index contributed by atoms with van der Waals surface area (Å²) in [6, 6.07) is 2.22. The first kappa shape index (κ1) is 13.8. The van der Waals surface area contributed by atoms with Crippen LogP contribution in [0.15, 0.2) is 6.07 Å². The summed E-state index contributed by atoms with van der Waals surface area (Å²) in [4.78, 5) is 12.1. The summed E-state index contributed by atoms with van der Waals surface area (Å²) in [5.74, 6) is 3.03. The second-order valence-electron chi connectivity index (χ2n) is 7.34. The van der Waals surface area contributed by atoms with Crippen molar-refractivity contribution in [2.24, 2.45) is 5.41 Å². The molecule has 3 rings (SSSR count). The molecule has 3 heteroatoms. The largest absolute Gasteiger partial charge is 0.356 e. The average Bonchev–Trinajstić information content (AvgIpc) is 3.17. The van der Waals surface area contributed by atoms with Gasteiger partial charge in [-0.1, -0.05) is 27.7 Å². The van der Waals surface area contributed by atoms with E-state index in [1.807, 2.05) is 0 Å². The lowest BCUT2D eigenvalue weighted by Gasteiger charge is -2.34. The van der Waals surface area contributed by atoms with Gasteiger partial charge < -0.3 is 4.90 Å². The monoisotopic (exact) mass is 273 g/mol. The van der Waals surface area contributed by atoms with Gasteiger partial charge in [-0.2, -0.15) is 0 Å². The molecule has 2 aliphatic rings. The second kappa shape index (κ2) is 5.01. The Morgan fingerprint density at radius 2 is 1.80 bits per heavy atom. The molecule has 0 bridgehead atoms. The van der Waals surface area contributed by atoms with Gasteiger partial charge in [0.05, 0.1) is 0 Å². The first-order valence-electron chi connectivity index (χ1n) is 8.13. The third kappa shape index (κ3) is 2.68. The highest BCUT2D eigenvalue weighted by Gasteiger charge is 2.45. The van der Waals surface area contributed by atoms with Crippen molar-refractivity contribution >= 4 is 5.82 Å². The van der Waals surface area contributed by atoms with Gasteiger partial charge >= 0.3 is 0 Å². The average molecular weight is 273 g/mol. The maximum Gasteiger partial charge on any atom is 0.133 e. The van der Waals surface area contributed by atoms with E-state index in [9.17, 15) is 0 Å². The Bertz CT molecular complexity index is 463. The molecule has 1 aromatic rings. The fraction of sp³-hybridized carbons (Fsp3) is 0.765. The van der Waals surface area contributed by atoms with Crippen molar-refractivity contribution in [2.45, 2.75) is 65.2 Å². The van der Waals surface area contributed by atoms with Crippen LogP contribution in [0.1, 0.15) is 76.7 Å². The second-order valence-corrected chi connectivity index (χ2v) is 7.34. The molecule has 0 atom stereocenters. The molecule has 1 saturated heterocycles. The highest BCUT2D eigenvalue weighted by atomic mass is 15.2. The molecular weight excluding hydrogens is 246 g/mol. The molecule has 110 valence electrons. The van der Waals surface area contributed by atoms with Crippen molar-refractivity contribution in [3.8, 4) is 0 Å². The molecular formula is C17H27N3. The lowest BCUT2D eigenvalue weighted by atomic mass is 9.95. The maximum absolute atomic E-state index is 4.85. The predicted molar refractivity (Wildman–Crippen MR) is 83.3 cm³/mol. The number of hydrogen-bond donors (Lipinski definition) is 0. The van der Waals surface area contributed by atoms with Crippen LogP contribution in [0.5, 0.6) is 0 Å². The quantitative estimate of drug-likeness (QED) is 0.830. The first-order chi connectivity index (χ1) is 9.49. The zero-order valence-corrected chi connectivity index (χ0v) is 13.3. The van der Waals surface area contributed by atoms with E-state index in [4.69, 9.17) is 9.97 Å². The number of anilines is 1. The summed E-state index contributed by atoms with van der Waals surface area (Å²) >= 11 is 0. The van der Waals surface area contributed by atoms with E-state index in [0.717, 1.165) is 12.4 Å². The molecule has 0 N–H and O–H groups in total. The van der Waals surface area contributed by atoms with E-state index >= 15 is 0 Å². The van der Waals surface area contributed by atoms with Crippen LogP contribution >= 0.6 is 0 Å². The smallest absolute Gasteiger partial charge is 0.133 e. The van der Waals surface area contributed by atoms with Crippen LogP contribution in [0.4, 0.5) is 5.82 Å². The minimum atomic E-state index is 0.395. The molecule has 1 aromatic heterocycles. The molecule has 1 spiro atoms. The summed E-state index contributed by atoms with van der Waals surface area (Å²) in [6.45, 7) is 11.2. The molecule has 2 fully saturated rings. The van der Waals surface area contributed by atoms with Crippen LogP contribution in [0.2, 0.25) is 0 Å². The lowest BCUT2D eigenvalue weighted by Crippen LogP contribution is -2.37. The van der Waals surface area contributed by atoms with Crippen molar-refractivity contribution in [3.05, 3.63) is 17.6 Å². The SMILES string of the molecule is CC(C)c1cc(N2CCCC3(CC3)C2)nc(C(C)C)n1. The van der Waals surface area contributed by atoms with Gasteiger partial charge in [-0.05, 0) is 37.0 Å². The van der Waals surface area contributed by atoms with E-state index in [1.54, 1.807) is 0 Å². The number of rotatable bonds is 3. The van der Waals surface area contributed by atoms with Crippen LogP contribution in [-0.4, -0.2) is 23.1 Å². The molecule has 1 saturated carbocycles. The molecule has 1 aliphatic heterocycles. The van der Waals surface area contributed by atoms with Gasteiger partial charge in [0.15, 0.2) is 0 Å². The van der Waals surface area contributed by atoms with Crippen molar-refractivity contribution in [2.75, 3.05) is 18.0 Å². The maximum atomic E-state index is 4.85. The molecule has 0 aromatic carbocycles. The predicted octanol–water partition coefficient (Wildman–Crippen LogP) is 4.10. The standard InChI is InChI=1S/C17H27N3/c1-12(2)14-10-15(19-16(18-14)13(3)4)20-9-5-6-17(11-20)7-8-17/h10,12-13H,5-9,11H2,1-4H3. The van der Waals surface area contributed by atoms with Gasteiger partial charge in [0.2, 0.25) is 0 Å². The van der Waals surface area contributed by atoms with E-state index in [2.05, 4.69) is 38.7 Å². The summed E-state index contributed by atoms with van der Waals surface area (Å²) in [7, 11) is 0. The lowest BCUT2D eigenvalue weighted by molar-refractivity contribution is 0.393. The summed E-state index contributed by atoms with van der Waals surface area (Å²) in [5, 5.41) is 0. The van der Waals surface area contributed by atoms with Crippen LogP contribution in [0.25, 0.3) is 0 Å². The zero-order valence-electron chi connectivity index (χ0n) is 13.3. The molecule has 2 heterocycles. The number of hydrogen-bond acceptors (Lipinski definition) is 3. The highest BCUT2D eigenvalue weighted by molar-refractivity contribution is 5.42. The molecule has 3 nitrogen and oxygen atoms in total. The van der Waals surface area contributed by atoms with Crippen LogP contribution in [0, 0.1) is 5.41 Å². The van der Waals surface area contributed by atoms with E-state index in [-0.39, 0.29) is 0 Å². The Balaban J connectivity index is 1.91. The van der Waals surface area contributed by atoms with Gasteiger partial charge in [0.25, 0.3) is 0 Å². The first-order valence-corrected chi connectivity index (χ1v) is 8.13. The molecule has 0 radical (unpaired) electrons. The summed E-state index contributed by atoms with van der Waals surface area (Å²) in [5.41, 5.74) is 1.83. The molecule has 1 aliphatic carbocycles. The molecule has 20 heavy (non-hydrogen) atoms. The molecule has 0 amide bonds. The van der Waals surface area contributed by atoms with Crippen molar-refractivity contribution in [1.29, 1.82) is 0 Å². The van der Waals surface area contributed by atoms with E-state index in [0.29, 0.717) is 17.3 Å². The van der Waals surface area contributed by atoms with E-state index in [1.165, 1.54) is 43.7 Å². The topological polar surface area (TPSA) is 29.0 Å². The van der Waals surface area contributed by atoms with Gasteiger partial charge in [0, 0.05) is 30.8 Å². The molecule has 0 unspecified atom stereocenters. The van der Waals surface area contributed by atoms with Crippen molar-refractivity contribution < 1.29 is 0 Å². The summed E-state index contributed by atoms with van der Waals surface area (Å²) in [6.07, 6.45) is 5.58. The zero-order chi connectivity index (χ0) is 14.3. The normalized spacial score (nSPS) is 21.0. The van der Waals surface area contributed by atoms with Gasteiger partial charge in [-0.15, -0.1) is 0 Å². The number of nitrogens with zero attached hydrogens (tertiary/aromatic N) is 3.